The van der Waals surface area contributed by atoms with Crippen molar-refractivity contribution < 1.29 is 4.39 Å². The van der Waals surface area contributed by atoms with E-state index in [0.29, 0.717) is 5.56 Å². The van der Waals surface area contributed by atoms with Crippen LogP contribution in [-0.4, -0.2) is 25.2 Å². The van der Waals surface area contributed by atoms with Crippen molar-refractivity contribution >= 4 is 5.69 Å². The zero-order valence-corrected chi connectivity index (χ0v) is 11.6. The van der Waals surface area contributed by atoms with E-state index in [9.17, 15) is 4.39 Å². The van der Waals surface area contributed by atoms with Gasteiger partial charge >= 0.3 is 0 Å². The number of rotatable bonds is 3. The van der Waals surface area contributed by atoms with Crippen LogP contribution in [0.4, 0.5) is 10.1 Å². The summed E-state index contributed by atoms with van der Waals surface area (Å²) in [6.45, 7) is 9.12. The van der Waals surface area contributed by atoms with Gasteiger partial charge in [0.15, 0.2) is 0 Å². The molecule has 0 aromatic heterocycles. The standard InChI is InChI=1S/C15H23FN2/c1-4-15(5-2)11-18(9-8-17-15)13-7-6-12(3)14(16)10-13/h6-7,10,17H,4-5,8-9,11H2,1-3H3. The zero-order chi connectivity index (χ0) is 13.2. The van der Waals surface area contributed by atoms with Gasteiger partial charge in [-0.25, -0.2) is 4.39 Å². The van der Waals surface area contributed by atoms with E-state index in [1.165, 1.54) is 0 Å². The molecule has 1 aliphatic rings. The predicted octanol–water partition coefficient (Wildman–Crippen LogP) is 3.10. The Kier molecular flexibility index (Phi) is 3.91. The fourth-order valence-electron chi connectivity index (χ4n) is 2.68. The molecule has 0 aliphatic carbocycles. The minimum absolute atomic E-state index is 0.107. The second kappa shape index (κ2) is 5.27. The SMILES string of the molecule is CCC1(CC)CN(c2ccc(C)c(F)c2)CCN1. The Balaban J connectivity index is 2.20. The van der Waals surface area contributed by atoms with Crippen LogP contribution in [0.3, 0.4) is 0 Å². The van der Waals surface area contributed by atoms with Gasteiger partial charge in [-0.3, -0.25) is 0 Å². The molecule has 0 bridgehead atoms. The van der Waals surface area contributed by atoms with Crippen LogP contribution in [0, 0.1) is 12.7 Å². The van der Waals surface area contributed by atoms with Gasteiger partial charge < -0.3 is 10.2 Å². The number of anilines is 1. The van der Waals surface area contributed by atoms with E-state index in [2.05, 4.69) is 24.1 Å². The van der Waals surface area contributed by atoms with Crippen molar-refractivity contribution in [1.29, 1.82) is 0 Å². The number of piperazine rings is 1. The summed E-state index contributed by atoms with van der Waals surface area (Å²) in [5.41, 5.74) is 1.90. The fraction of sp³-hybridized carbons (Fsp3) is 0.600. The molecule has 0 unspecified atom stereocenters. The van der Waals surface area contributed by atoms with Crippen molar-refractivity contribution in [3.63, 3.8) is 0 Å². The van der Waals surface area contributed by atoms with Crippen molar-refractivity contribution in [3.8, 4) is 0 Å². The van der Waals surface area contributed by atoms with Crippen LogP contribution < -0.4 is 10.2 Å². The molecular weight excluding hydrogens is 227 g/mol. The molecule has 0 spiro atoms. The number of hydrogen-bond acceptors (Lipinski definition) is 2. The molecule has 1 aliphatic heterocycles. The van der Waals surface area contributed by atoms with Crippen molar-refractivity contribution in [2.24, 2.45) is 0 Å². The average molecular weight is 250 g/mol. The molecule has 1 aromatic carbocycles. The van der Waals surface area contributed by atoms with Gasteiger partial charge in [0, 0.05) is 30.9 Å². The summed E-state index contributed by atoms with van der Waals surface area (Å²) in [5.74, 6) is -0.107. The highest BCUT2D eigenvalue weighted by molar-refractivity contribution is 5.49. The van der Waals surface area contributed by atoms with Crippen molar-refractivity contribution in [2.75, 3.05) is 24.5 Å². The normalized spacial score (nSPS) is 19.0. The lowest BCUT2D eigenvalue weighted by Crippen LogP contribution is -2.60. The molecular formula is C15H23FN2. The molecule has 0 amide bonds. The molecule has 1 N–H and O–H groups in total. The highest BCUT2D eigenvalue weighted by Crippen LogP contribution is 2.25. The molecule has 0 atom stereocenters. The molecule has 0 saturated carbocycles. The maximum absolute atomic E-state index is 13.6. The Hall–Kier alpha value is -1.09. The number of nitrogens with zero attached hydrogens (tertiary/aromatic N) is 1. The van der Waals surface area contributed by atoms with E-state index >= 15 is 0 Å². The van der Waals surface area contributed by atoms with Gasteiger partial charge in [-0.2, -0.15) is 0 Å². The van der Waals surface area contributed by atoms with Gasteiger partial charge in [-0.05, 0) is 37.5 Å². The number of aryl methyl sites for hydroxylation is 1. The molecule has 3 heteroatoms. The molecule has 18 heavy (non-hydrogen) atoms. The van der Waals surface area contributed by atoms with Gasteiger partial charge in [-0.1, -0.05) is 19.9 Å². The lowest BCUT2D eigenvalue weighted by molar-refractivity contribution is 0.277. The van der Waals surface area contributed by atoms with Crippen molar-refractivity contribution in [2.45, 2.75) is 39.2 Å². The first-order chi connectivity index (χ1) is 8.60. The third-order valence-electron chi connectivity index (χ3n) is 4.25. The summed E-state index contributed by atoms with van der Waals surface area (Å²) in [7, 11) is 0. The minimum Gasteiger partial charge on any atom is -0.368 e. The molecule has 2 nitrogen and oxygen atoms in total. The Morgan fingerprint density at radius 3 is 2.67 bits per heavy atom. The van der Waals surface area contributed by atoms with E-state index in [-0.39, 0.29) is 11.4 Å². The molecule has 100 valence electrons. The highest BCUT2D eigenvalue weighted by Gasteiger charge is 2.31. The van der Waals surface area contributed by atoms with Crippen LogP contribution in [0.25, 0.3) is 0 Å². The third-order valence-corrected chi connectivity index (χ3v) is 4.25. The monoisotopic (exact) mass is 250 g/mol. The lowest BCUT2D eigenvalue weighted by Gasteiger charge is -2.44. The van der Waals surface area contributed by atoms with E-state index in [4.69, 9.17) is 0 Å². The molecule has 0 radical (unpaired) electrons. The van der Waals surface area contributed by atoms with E-state index in [1.807, 2.05) is 12.1 Å². The number of nitrogens with one attached hydrogen (secondary N) is 1. The summed E-state index contributed by atoms with van der Waals surface area (Å²) in [4.78, 5) is 2.30. The second-order valence-corrected chi connectivity index (χ2v) is 5.27. The Morgan fingerprint density at radius 2 is 2.06 bits per heavy atom. The van der Waals surface area contributed by atoms with Crippen LogP contribution in [0.1, 0.15) is 32.3 Å². The largest absolute Gasteiger partial charge is 0.368 e. The summed E-state index contributed by atoms with van der Waals surface area (Å²) in [5, 5.41) is 3.62. The number of benzene rings is 1. The highest BCUT2D eigenvalue weighted by atomic mass is 19.1. The van der Waals surface area contributed by atoms with Crippen molar-refractivity contribution in [3.05, 3.63) is 29.6 Å². The summed E-state index contributed by atoms with van der Waals surface area (Å²) in [6, 6.07) is 5.56. The minimum atomic E-state index is -0.107. The van der Waals surface area contributed by atoms with Crippen LogP contribution in [0.2, 0.25) is 0 Å². The van der Waals surface area contributed by atoms with Crippen LogP contribution in [0.5, 0.6) is 0 Å². The average Bonchev–Trinajstić information content (AvgIpc) is 2.42. The van der Waals surface area contributed by atoms with E-state index < -0.39 is 0 Å². The first-order valence-corrected chi connectivity index (χ1v) is 6.86. The molecule has 2 rings (SSSR count). The summed E-state index contributed by atoms with van der Waals surface area (Å²) < 4.78 is 13.6. The Bertz CT molecular complexity index is 413. The lowest BCUT2D eigenvalue weighted by atomic mass is 9.90. The summed E-state index contributed by atoms with van der Waals surface area (Å²) in [6.07, 6.45) is 2.21. The Labute approximate surface area is 109 Å². The first-order valence-electron chi connectivity index (χ1n) is 6.86. The van der Waals surface area contributed by atoms with E-state index in [1.54, 1.807) is 13.0 Å². The summed E-state index contributed by atoms with van der Waals surface area (Å²) >= 11 is 0. The molecule has 1 saturated heterocycles. The molecule has 1 fully saturated rings. The first kappa shape index (κ1) is 13.3. The smallest absolute Gasteiger partial charge is 0.128 e. The zero-order valence-electron chi connectivity index (χ0n) is 11.6. The van der Waals surface area contributed by atoms with Gasteiger partial charge in [0.2, 0.25) is 0 Å². The van der Waals surface area contributed by atoms with Crippen LogP contribution >= 0.6 is 0 Å². The van der Waals surface area contributed by atoms with Gasteiger partial charge in [0.1, 0.15) is 5.82 Å². The number of halogens is 1. The third kappa shape index (κ3) is 2.51. The predicted molar refractivity (Wildman–Crippen MR) is 74.7 cm³/mol. The quantitative estimate of drug-likeness (QED) is 0.886. The van der Waals surface area contributed by atoms with Gasteiger partial charge in [0.05, 0.1) is 0 Å². The number of hydrogen-bond donors (Lipinski definition) is 1. The van der Waals surface area contributed by atoms with Crippen LogP contribution in [-0.2, 0) is 0 Å². The maximum Gasteiger partial charge on any atom is 0.128 e. The maximum atomic E-state index is 13.6. The van der Waals surface area contributed by atoms with Gasteiger partial charge in [-0.15, -0.1) is 0 Å². The topological polar surface area (TPSA) is 15.3 Å². The molecule has 1 heterocycles. The Morgan fingerprint density at radius 1 is 1.33 bits per heavy atom. The van der Waals surface area contributed by atoms with E-state index in [0.717, 1.165) is 38.2 Å². The van der Waals surface area contributed by atoms with Crippen LogP contribution in [0.15, 0.2) is 18.2 Å². The fourth-order valence-corrected chi connectivity index (χ4v) is 2.68. The second-order valence-electron chi connectivity index (χ2n) is 5.27. The van der Waals surface area contributed by atoms with Crippen molar-refractivity contribution in [1.82, 2.24) is 5.32 Å². The van der Waals surface area contributed by atoms with Gasteiger partial charge in [0.25, 0.3) is 0 Å². The molecule has 1 aromatic rings.